The summed E-state index contributed by atoms with van der Waals surface area (Å²) in [6.45, 7) is 11.9. The first kappa shape index (κ1) is 29.4. The van der Waals surface area contributed by atoms with Gasteiger partial charge in [0.1, 0.15) is 18.0 Å². The number of halogens is 1. The number of nitrogens with zero attached hydrogens (tertiary/aromatic N) is 3. The Morgan fingerprint density at radius 2 is 1.94 bits per heavy atom. The Kier molecular flexibility index (Phi) is 11.0. The molecular formula is C26H37ClN4O5. The summed E-state index contributed by atoms with van der Waals surface area (Å²) in [5, 5.41) is 0.623. The number of hydrogen-bond acceptors (Lipinski definition) is 8. The summed E-state index contributed by atoms with van der Waals surface area (Å²) in [7, 11) is 1.31. The fraction of sp³-hybridized carbons (Fsp3) is 0.500. The molecule has 0 radical (unpaired) electrons. The molecule has 1 fully saturated rings. The highest BCUT2D eigenvalue weighted by Gasteiger charge is 2.37. The van der Waals surface area contributed by atoms with Crippen LogP contribution in [0.4, 0.5) is 4.79 Å². The fourth-order valence-corrected chi connectivity index (χ4v) is 4.13. The van der Waals surface area contributed by atoms with Gasteiger partial charge < -0.3 is 19.9 Å². The average molecular weight is 521 g/mol. The van der Waals surface area contributed by atoms with E-state index in [4.69, 9.17) is 31.6 Å². The molecule has 1 aromatic heterocycles. The fourth-order valence-electron chi connectivity index (χ4n) is 3.96. The van der Waals surface area contributed by atoms with E-state index in [-0.39, 0.29) is 12.1 Å². The molecule has 1 aromatic carbocycles. The van der Waals surface area contributed by atoms with Crippen LogP contribution in [0.25, 0.3) is 0 Å². The Morgan fingerprint density at radius 3 is 2.56 bits per heavy atom. The molecule has 1 amide bonds. The third-order valence-corrected chi connectivity index (χ3v) is 5.61. The summed E-state index contributed by atoms with van der Waals surface area (Å²) in [6, 6.07) is 9.49. The van der Waals surface area contributed by atoms with Crippen LogP contribution in [0.5, 0.6) is 5.75 Å². The molecule has 0 aliphatic carbocycles. The van der Waals surface area contributed by atoms with Crippen LogP contribution in [-0.4, -0.2) is 65.9 Å². The third-order valence-electron chi connectivity index (χ3n) is 5.38. The van der Waals surface area contributed by atoms with Crippen LogP contribution in [0.1, 0.15) is 57.5 Å². The predicted molar refractivity (Wildman–Crippen MR) is 139 cm³/mol. The van der Waals surface area contributed by atoms with E-state index in [1.165, 1.54) is 7.11 Å². The number of carbonyl (C=O) groups is 2. The van der Waals surface area contributed by atoms with Gasteiger partial charge in [0.25, 0.3) is 6.47 Å². The summed E-state index contributed by atoms with van der Waals surface area (Å²) in [5.41, 5.74) is 8.81. The minimum absolute atomic E-state index is 0.136. The van der Waals surface area contributed by atoms with Crippen LogP contribution in [-0.2, 0) is 20.9 Å². The molecule has 0 bridgehead atoms. The number of methoxy groups -OCH3 is 1. The number of piperazine rings is 1. The lowest BCUT2D eigenvalue weighted by molar-refractivity contribution is -0.126. The van der Waals surface area contributed by atoms with Crippen molar-refractivity contribution in [2.75, 3.05) is 26.7 Å². The van der Waals surface area contributed by atoms with Crippen molar-refractivity contribution in [1.82, 2.24) is 14.8 Å². The lowest BCUT2D eigenvalue weighted by atomic mass is 9.97. The van der Waals surface area contributed by atoms with Crippen molar-refractivity contribution in [3.05, 3.63) is 58.4 Å². The largest absolute Gasteiger partial charge is 0.488 e. The molecule has 10 heteroatoms. The van der Waals surface area contributed by atoms with Crippen LogP contribution in [0.3, 0.4) is 0 Å². The minimum Gasteiger partial charge on any atom is -0.488 e. The third kappa shape index (κ3) is 7.56. The van der Waals surface area contributed by atoms with Gasteiger partial charge in [0.2, 0.25) is 0 Å². The maximum Gasteiger partial charge on any atom is 0.411 e. The van der Waals surface area contributed by atoms with E-state index in [1.54, 1.807) is 11.1 Å². The number of hydrogen-bond donors (Lipinski definition) is 1. The number of ether oxygens (including phenoxy) is 3. The SMILES string of the molecule is CC.CC(C)(C)OC(=O)N1CCN(C2c3ccc(Cl)cc3OCc3cccnc32)C[C@@H]1N.COC=O. The quantitative estimate of drug-likeness (QED) is 0.582. The van der Waals surface area contributed by atoms with E-state index >= 15 is 0 Å². The summed E-state index contributed by atoms with van der Waals surface area (Å²) >= 11 is 6.22. The molecule has 1 unspecified atom stereocenters. The summed E-state index contributed by atoms with van der Waals surface area (Å²) < 4.78 is 15.4. The zero-order valence-electron chi connectivity index (χ0n) is 21.9. The monoisotopic (exact) mass is 520 g/mol. The van der Waals surface area contributed by atoms with Crippen molar-refractivity contribution in [1.29, 1.82) is 0 Å². The van der Waals surface area contributed by atoms with Crippen LogP contribution in [0.2, 0.25) is 5.02 Å². The molecule has 3 heterocycles. The molecule has 198 valence electrons. The zero-order chi connectivity index (χ0) is 26.9. The Balaban J connectivity index is 0.000000694. The van der Waals surface area contributed by atoms with Gasteiger partial charge >= 0.3 is 6.09 Å². The first-order chi connectivity index (χ1) is 17.1. The van der Waals surface area contributed by atoms with Crippen molar-refractivity contribution >= 4 is 24.2 Å². The van der Waals surface area contributed by atoms with Crippen molar-refractivity contribution in [3.63, 3.8) is 0 Å². The van der Waals surface area contributed by atoms with E-state index in [2.05, 4.69) is 14.6 Å². The van der Waals surface area contributed by atoms with Crippen LogP contribution < -0.4 is 10.5 Å². The molecule has 36 heavy (non-hydrogen) atoms. The van der Waals surface area contributed by atoms with Crippen molar-refractivity contribution in [3.8, 4) is 5.75 Å². The molecule has 2 aliphatic rings. The topological polar surface area (TPSA) is 107 Å². The molecule has 9 nitrogen and oxygen atoms in total. The highest BCUT2D eigenvalue weighted by molar-refractivity contribution is 6.30. The summed E-state index contributed by atoms with van der Waals surface area (Å²) in [5.74, 6) is 0.744. The van der Waals surface area contributed by atoms with Gasteiger partial charge in [-0.05, 0) is 39.0 Å². The second-order valence-electron chi connectivity index (χ2n) is 8.99. The number of rotatable bonds is 2. The van der Waals surface area contributed by atoms with Crippen molar-refractivity contribution < 1.29 is 23.8 Å². The molecule has 2 N–H and O–H groups in total. The van der Waals surface area contributed by atoms with Crippen molar-refractivity contribution in [2.45, 2.75) is 59.0 Å². The molecule has 0 spiro atoms. The van der Waals surface area contributed by atoms with Gasteiger partial charge in [-0.25, -0.2) is 4.79 Å². The maximum absolute atomic E-state index is 12.6. The second kappa shape index (κ2) is 13.4. The Hall–Kier alpha value is -2.88. The highest BCUT2D eigenvalue weighted by Crippen LogP contribution is 2.40. The van der Waals surface area contributed by atoms with Gasteiger partial charge in [0, 0.05) is 42.0 Å². The highest BCUT2D eigenvalue weighted by atomic mass is 35.5. The Bertz CT molecular complexity index is 1010. The molecule has 2 aliphatic heterocycles. The molecule has 0 saturated carbocycles. The zero-order valence-corrected chi connectivity index (χ0v) is 22.6. The molecule has 2 aromatic rings. The number of fused-ring (bicyclic) bond motifs is 2. The van der Waals surface area contributed by atoms with E-state index in [0.717, 1.165) is 22.6 Å². The smallest absolute Gasteiger partial charge is 0.411 e. The molecule has 1 saturated heterocycles. The van der Waals surface area contributed by atoms with Crippen LogP contribution in [0.15, 0.2) is 36.5 Å². The van der Waals surface area contributed by atoms with Crippen LogP contribution in [0, 0.1) is 0 Å². The maximum atomic E-state index is 12.6. The van der Waals surface area contributed by atoms with Gasteiger partial charge in [-0.2, -0.15) is 0 Å². The van der Waals surface area contributed by atoms with Gasteiger partial charge in [0.05, 0.1) is 25.0 Å². The van der Waals surface area contributed by atoms with Crippen LogP contribution >= 0.6 is 11.6 Å². The summed E-state index contributed by atoms with van der Waals surface area (Å²) in [4.78, 5) is 30.0. The summed E-state index contributed by atoms with van der Waals surface area (Å²) in [6.07, 6.45) is 0.925. The molecule has 2 atom stereocenters. The number of nitrogens with two attached hydrogens (primary N) is 1. The van der Waals surface area contributed by atoms with Crippen molar-refractivity contribution in [2.24, 2.45) is 5.73 Å². The standard InChI is InChI=1S/C22H27ClN4O3.C2H4O2.C2H6/c1-22(2,3)30-21(28)27-10-9-26(12-18(27)24)20-16-7-6-15(23)11-17(16)29-13-14-5-4-8-25-19(14)20;1-4-2-3;1-2/h4-8,11,18,20H,9-10,12-13,24H2,1-3H3;2H,1H3;1-2H3/t18-,20?;;/m1../s1. The molecule has 4 rings (SSSR count). The Morgan fingerprint density at radius 1 is 1.25 bits per heavy atom. The lowest BCUT2D eigenvalue weighted by Crippen LogP contribution is -2.60. The Labute approximate surface area is 218 Å². The van der Waals surface area contributed by atoms with E-state index in [1.807, 2.05) is 65.0 Å². The first-order valence-corrected chi connectivity index (χ1v) is 12.3. The normalized spacial score (nSPS) is 18.9. The number of benzene rings is 1. The number of pyridine rings is 1. The number of aromatic nitrogens is 1. The lowest BCUT2D eigenvalue weighted by Gasteiger charge is -2.43. The number of carbonyl (C=O) groups excluding carboxylic acids is 2. The average Bonchev–Trinajstić information content (AvgIpc) is 3.01. The predicted octanol–water partition coefficient (Wildman–Crippen LogP) is 4.37. The first-order valence-electron chi connectivity index (χ1n) is 12.0. The minimum atomic E-state index is -0.562. The van der Waals surface area contributed by atoms with Gasteiger partial charge in [-0.3, -0.25) is 19.6 Å². The van der Waals surface area contributed by atoms with E-state index in [9.17, 15) is 4.79 Å². The molecular weight excluding hydrogens is 484 g/mol. The van der Waals surface area contributed by atoms with E-state index < -0.39 is 11.8 Å². The second-order valence-corrected chi connectivity index (χ2v) is 9.43. The van der Waals surface area contributed by atoms with E-state index in [0.29, 0.717) is 37.7 Å². The van der Waals surface area contributed by atoms with Gasteiger partial charge in [0.15, 0.2) is 0 Å². The van der Waals surface area contributed by atoms with Gasteiger partial charge in [-0.1, -0.05) is 37.6 Å². The number of amides is 1. The van der Waals surface area contributed by atoms with Gasteiger partial charge in [-0.15, -0.1) is 0 Å².